The molecule has 11 heteroatoms. The van der Waals surface area contributed by atoms with Gasteiger partial charge in [-0.15, -0.1) is 11.3 Å². The quantitative estimate of drug-likeness (QED) is 0.659. The molecule has 1 saturated carbocycles. The van der Waals surface area contributed by atoms with E-state index in [0.717, 1.165) is 11.3 Å². The first kappa shape index (κ1) is 20.9. The van der Waals surface area contributed by atoms with Gasteiger partial charge in [0.25, 0.3) is 10.0 Å². The molecule has 1 aromatic heterocycles. The van der Waals surface area contributed by atoms with E-state index in [1.54, 1.807) is 12.1 Å². The minimum Gasteiger partial charge on any atom is -0.493 e. The van der Waals surface area contributed by atoms with E-state index < -0.39 is 27.3 Å². The molecule has 2 aromatic rings. The van der Waals surface area contributed by atoms with Crippen LogP contribution in [0.5, 0.6) is 5.75 Å². The summed E-state index contributed by atoms with van der Waals surface area (Å²) in [6, 6.07) is 4.71. The average Bonchev–Trinajstić information content (AvgIpc) is 3.31. The minimum atomic E-state index is -4.28. The van der Waals surface area contributed by atoms with E-state index in [2.05, 4.69) is 9.46 Å². The Morgan fingerprint density at radius 1 is 1.21 bits per heavy atom. The van der Waals surface area contributed by atoms with Crippen LogP contribution in [-0.2, 0) is 25.0 Å². The van der Waals surface area contributed by atoms with Gasteiger partial charge in [0.2, 0.25) is 5.91 Å². The molecule has 1 fully saturated rings. The molecule has 1 aliphatic carbocycles. The zero-order chi connectivity index (χ0) is 20.7. The van der Waals surface area contributed by atoms with Gasteiger partial charge < -0.3 is 9.47 Å². The smallest absolute Gasteiger partial charge is 0.342 e. The molecule has 0 radical (unpaired) electrons. The fourth-order valence-electron chi connectivity index (χ4n) is 2.85. The fourth-order valence-corrected chi connectivity index (χ4v) is 5.91. The van der Waals surface area contributed by atoms with Crippen molar-refractivity contribution in [1.29, 1.82) is 0 Å². The monoisotopic (exact) mass is 463 g/mol. The summed E-state index contributed by atoms with van der Waals surface area (Å²) in [6.07, 6.45) is 0.898. The second-order valence-electron chi connectivity index (χ2n) is 6.10. The van der Waals surface area contributed by atoms with E-state index >= 15 is 0 Å². The molecule has 1 amide bonds. The van der Waals surface area contributed by atoms with Gasteiger partial charge in [-0.1, -0.05) is 29.3 Å². The number of ether oxygens (including phenoxy) is 2. The first-order chi connectivity index (χ1) is 13.2. The van der Waals surface area contributed by atoms with Crippen LogP contribution in [0, 0.1) is 0 Å². The van der Waals surface area contributed by atoms with E-state index in [1.165, 1.54) is 25.7 Å². The summed E-state index contributed by atoms with van der Waals surface area (Å²) in [6.45, 7) is 0. The third-order valence-corrected chi connectivity index (χ3v) is 7.80. The van der Waals surface area contributed by atoms with Crippen molar-refractivity contribution in [3.05, 3.63) is 44.8 Å². The highest BCUT2D eigenvalue weighted by Crippen LogP contribution is 2.51. The van der Waals surface area contributed by atoms with Crippen molar-refractivity contribution in [2.75, 3.05) is 14.2 Å². The lowest BCUT2D eigenvalue weighted by Gasteiger charge is -2.17. The van der Waals surface area contributed by atoms with E-state index in [-0.39, 0.29) is 15.5 Å². The second-order valence-corrected chi connectivity index (χ2v) is 9.70. The fraction of sp³-hybridized carbons (Fsp3) is 0.294. The summed E-state index contributed by atoms with van der Waals surface area (Å²) in [5.74, 6) is -1.62. The SMILES string of the molecule is COC(=O)c1csc(S(=O)(=O)NC(=O)C2(c3ccc(Cl)cc3Cl)CC2)c1OC. The van der Waals surface area contributed by atoms with Gasteiger partial charge in [0.15, 0.2) is 9.96 Å². The highest BCUT2D eigenvalue weighted by molar-refractivity contribution is 7.92. The Labute approximate surface area is 175 Å². The van der Waals surface area contributed by atoms with Gasteiger partial charge in [-0.25, -0.2) is 17.9 Å². The van der Waals surface area contributed by atoms with Crippen molar-refractivity contribution in [3.8, 4) is 5.75 Å². The molecular formula is C17H15Cl2NO6S2. The van der Waals surface area contributed by atoms with Gasteiger partial charge in [-0.05, 0) is 30.5 Å². The summed E-state index contributed by atoms with van der Waals surface area (Å²) >= 11 is 12.9. The van der Waals surface area contributed by atoms with E-state index in [0.29, 0.717) is 28.5 Å². The first-order valence-electron chi connectivity index (χ1n) is 7.93. The number of esters is 1. The Balaban J connectivity index is 1.92. The number of rotatable bonds is 6. The van der Waals surface area contributed by atoms with Gasteiger partial charge in [0.05, 0.1) is 19.6 Å². The summed E-state index contributed by atoms with van der Waals surface area (Å²) in [5, 5.41) is 2.00. The van der Waals surface area contributed by atoms with Crippen LogP contribution in [0.4, 0.5) is 0 Å². The van der Waals surface area contributed by atoms with Crippen LogP contribution in [0.15, 0.2) is 27.8 Å². The predicted molar refractivity (Wildman–Crippen MR) is 105 cm³/mol. The number of halogens is 2. The molecule has 3 rings (SSSR count). The predicted octanol–water partition coefficient (Wildman–Crippen LogP) is 3.39. The molecule has 7 nitrogen and oxygen atoms in total. The van der Waals surface area contributed by atoms with Crippen molar-refractivity contribution >= 4 is 56.4 Å². The van der Waals surface area contributed by atoms with E-state index in [4.69, 9.17) is 27.9 Å². The molecule has 1 aliphatic rings. The van der Waals surface area contributed by atoms with Gasteiger partial charge in [0, 0.05) is 15.4 Å². The topological polar surface area (TPSA) is 98.8 Å². The maximum atomic E-state index is 12.8. The Hall–Kier alpha value is -1.81. The lowest BCUT2D eigenvalue weighted by Crippen LogP contribution is -2.38. The molecule has 0 aliphatic heterocycles. The number of nitrogens with one attached hydrogen (secondary N) is 1. The number of amides is 1. The lowest BCUT2D eigenvalue weighted by atomic mass is 9.95. The molecular weight excluding hydrogens is 449 g/mol. The zero-order valence-corrected chi connectivity index (χ0v) is 17.9. The number of carbonyl (C=O) groups is 2. The van der Waals surface area contributed by atoms with E-state index in [9.17, 15) is 18.0 Å². The van der Waals surface area contributed by atoms with Crippen LogP contribution in [0.1, 0.15) is 28.8 Å². The molecule has 1 heterocycles. The van der Waals surface area contributed by atoms with Crippen LogP contribution in [0.2, 0.25) is 10.0 Å². The third-order valence-electron chi connectivity index (χ3n) is 4.43. The molecule has 0 bridgehead atoms. The number of methoxy groups -OCH3 is 2. The molecule has 150 valence electrons. The van der Waals surface area contributed by atoms with Gasteiger partial charge in [-0.3, -0.25) is 4.79 Å². The summed E-state index contributed by atoms with van der Waals surface area (Å²) in [4.78, 5) is 24.6. The number of hydrogen-bond acceptors (Lipinski definition) is 7. The number of hydrogen-bond donors (Lipinski definition) is 1. The number of carbonyl (C=O) groups excluding carboxylic acids is 2. The molecule has 0 atom stereocenters. The Morgan fingerprint density at radius 2 is 1.89 bits per heavy atom. The molecule has 1 N–H and O–H groups in total. The number of thiophene rings is 1. The van der Waals surface area contributed by atoms with Crippen LogP contribution < -0.4 is 9.46 Å². The second kappa shape index (κ2) is 7.55. The number of benzene rings is 1. The highest BCUT2D eigenvalue weighted by Gasteiger charge is 2.53. The minimum absolute atomic E-state index is 0.0373. The van der Waals surface area contributed by atoms with Crippen molar-refractivity contribution in [1.82, 2.24) is 4.72 Å². The van der Waals surface area contributed by atoms with Crippen molar-refractivity contribution < 1.29 is 27.5 Å². The average molecular weight is 464 g/mol. The first-order valence-corrected chi connectivity index (χ1v) is 11.0. The summed E-state index contributed by atoms with van der Waals surface area (Å²) < 4.78 is 37.0. The maximum Gasteiger partial charge on any atom is 0.342 e. The Kier molecular flexibility index (Phi) is 5.64. The normalized spacial score (nSPS) is 15.0. The molecule has 0 unspecified atom stereocenters. The zero-order valence-electron chi connectivity index (χ0n) is 14.7. The number of sulfonamides is 1. The van der Waals surface area contributed by atoms with Gasteiger partial charge >= 0.3 is 5.97 Å². The molecule has 1 aromatic carbocycles. The summed E-state index contributed by atoms with van der Waals surface area (Å²) in [5.41, 5.74) is -0.561. The largest absolute Gasteiger partial charge is 0.493 e. The lowest BCUT2D eigenvalue weighted by molar-refractivity contribution is -0.121. The summed E-state index contributed by atoms with van der Waals surface area (Å²) in [7, 11) is -1.88. The van der Waals surface area contributed by atoms with Crippen molar-refractivity contribution in [2.24, 2.45) is 0 Å². The van der Waals surface area contributed by atoms with Gasteiger partial charge in [0.1, 0.15) is 5.56 Å². The van der Waals surface area contributed by atoms with Crippen LogP contribution in [0.25, 0.3) is 0 Å². The Morgan fingerprint density at radius 3 is 2.43 bits per heavy atom. The maximum absolute atomic E-state index is 12.8. The Bertz CT molecular complexity index is 1060. The molecule has 0 saturated heterocycles. The third kappa shape index (κ3) is 3.59. The molecule has 28 heavy (non-hydrogen) atoms. The van der Waals surface area contributed by atoms with Crippen LogP contribution in [-0.4, -0.2) is 34.5 Å². The van der Waals surface area contributed by atoms with Crippen LogP contribution in [0.3, 0.4) is 0 Å². The van der Waals surface area contributed by atoms with Crippen molar-refractivity contribution in [2.45, 2.75) is 22.5 Å². The van der Waals surface area contributed by atoms with Gasteiger partial charge in [-0.2, -0.15) is 0 Å². The van der Waals surface area contributed by atoms with Crippen LogP contribution >= 0.6 is 34.5 Å². The standard InChI is InChI=1S/C17H15Cl2NO6S2/c1-25-13-10(14(21)26-2)8-27-15(13)28(23,24)20-16(22)17(5-6-17)11-4-3-9(18)7-12(11)19/h3-4,7-8H,5-6H2,1-2H3,(H,20,22). The highest BCUT2D eigenvalue weighted by atomic mass is 35.5. The van der Waals surface area contributed by atoms with E-state index in [1.807, 2.05) is 0 Å². The van der Waals surface area contributed by atoms with Crippen molar-refractivity contribution in [3.63, 3.8) is 0 Å². The molecule has 0 spiro atoms.